The normalized spacial score (nSPS) is 29.7. The van der Waals surface area contributed by atoms with Gasteiger partial charge in [0.1, 0.15) is 12.4 Å². The van der Waals surface area contributed by atoms with E-state index in [0.717, 1.165) is 30.6 Å². The van der Waals surface area contributed by atoms with Gasteiger partial charge in [0.25, 0.3) is 5.91 Å². The first-order chi connectivity index (χ1) is 15.5. The van der Waals surface area contributed by atoms with Crippen LogP contribution < -0.4 is 15.4 Å². The molecule has 1 aliphatic heterocycles. The van der Waals surface area contributed by atoms with Crippen LogP contribution in [0.15, 0.2) is 29.8 Å². The highest BCUT2D eigenvalue weighted by Crippen LogP contribution is 2.60. The van der Waals surface area contributed by atoms with Crippen molar-refractivity contribution >= 4 is 25.1 Å². The van der Waals surface area contributed by atoms with Gasteiger partial charge < -0.3 is 15.4 Å². The Balaban J connectivity index is 1.08. The number of benzene rings is 1. The summed E-state index contributed by atoms with van der Waals surface area (Å²) in [6.07, 6.45) is 16.1. The largest absolute Gasteiger partial charge is 0.488 e. The van der Waals surface area contributed by atoms with Gasteiger partial charge in [-0.05, 0) is 31.4 Å². The second kappa shape index (κ2) is 8.95. The fourth-order valence-corrected chi connectivity index (χ4v) is 6.33. The van der Waals surface area contributed by atoms with Gasteiger partial charge in [-0.2, -0.15) is 0 Å². The molecule has 2 N–H and O–H groups in total. The Labute approximate surface area is 192 Å². The minimum absolute atomic E-state index is 0.0411. The van der Waals surface area contributed by atoms with Crippen molar-refractivity contribution in [3.63, 3.8) is 0 Å². The summed E-state index contributed by atoms with van der Waals surface area (Å²) in [4.78, 5) is 25.6. The Morgan fingerprint density at radius 3 is 2.22 bits per heavy atom. The van der Waals surface area contributed by atoms with Gasteiger partial charge in [-0.1, -0.05) is 81.8 Å². The molecule has 0 atom stereocenters. The van der Waals surface area contributed by atoms with E-state index in [1.807, 2.05) is 30.3 Å². The van der Waals surface area contributed by atoms with Crippen molar-refractivity contribution in [2.24, 2.45) is 0 Å². The van der Waals surface area contributed by atoms with Crippen LogP contribution >= 0.6 is 0 Å². The third kappa shape index (κ3) is 4.60. The third-order valence-corrected chi connectivity index (χ3v) is 7.94. The minimum Gasteiger partial charge on any atom is -0.488 e. The van der Waals surface area contributed by atoms with Crippen LogP contribution in [0.4, 0.5) is 4.79 Å². The van der Waals surface area contributed by atoms with Crippen molar-refractivity contribution < 1.29 is 14.3 Å². The average molecular weight is 434 g/mol. The lowest BCUT2D eigenvalue weighted by molar-refractivity contribution is -0.135. The predicted molar refractivity (Wildman–Crippen MR) is 128 cm³/mol. The molecule has 32 heavy (non-hydrogen) atoms. The van der Waals surface area contributed by atoms with E-state index in [1.165, 1.54) is 57.8 Å². The molecular weight excluding hydrogens is 399 g/mol. The molecule has 0 unspecified atom stereocenters. The molecule has 170 valence electrons. The Morgan fingerprint density at radius 1 is 0.875 bits per heavy atom. The number of hydrogen-bond acceptors (Lipinski definition) is 3. The zero-order valence-electron chi connectivity index (χ0n) is 19.1. The van der Waals surface area contributed by atoms with Crippen molar-refractivity contribution in [3.8, 4) is 5.75 Å². The van der Waals surface area contributed by atoms with Crippen LogP contribution in [0.5, 0.6) is 5.75 Å². The van der Waals surface area contributed by atoms with Crippen LogP contribution in [0.25, 0.3) is 6.08 Å². The van der Waals surface area contributed by atoms with Crippen molar-refractivity contribution in [2.45, 2.75) is 93.9 Å². The Kier molecular flexibility index (Phi) is 6.04. The monoisotopic (exact) mass is 434 g/mol. The lowest BCUT2D eigenvalue weighted by Crippen LogP contribution is -2.84. The standard InChI is InChI=1S/C26H35BN2O3/c30-23(20-14-19-10-8-9-13-22(19)32-15-20)28-25-16-26(17-25,18-25)29-24(31)27-21-11-6-4-2-1-3-5-7-12-21/h8-10,13-14,21,27H,1-7,11-12,15-18H2,(H,28,30)(H,29,31). The van der Waals surface area contributed by atoms with E-state index in [0.29, 0.717) is 25.3 Å². The SMILES string of the molecule is O=C(BC1CCCCCCCCC1)NC12CC(NC(=O)C3=Cc4ccccc4OC3)(C1)C2. The van der Waals surface area contributed by atoms with Gasteiger partial charge in [0.2, 0.25) is 7.28 Å². The van der Waals surface area contributed by atoms with Crippen molar-refractivity contribution in [2.75, 3.05) is 6.61 Å². The second-order valence-corrected chi connectivity index (χ2v) is 10.7. The summed E-state index contributed by atoms with van der Waals surface area (Å²) in [5.74, 6) is 1.54. The molecule has 5 nitrogen and oxygen atoms in total. The molecule has 6 heteroatoms. The van der Waals surface area contributed by atoms with Gasteiger partial charge in [0.15, 0.2) is 5.81 Å². The highest BCUT2D eigenvalue weighted by Gasteiger charge is 2.69. The molecule has 2 bridgehead atoms. The highest BCUT2D eigenvalue weighted by atomic mass is 16.5. The molecule has 1 heterocycles. The Bertz CT molecular complexity index is 882. The number of fused-ring (bicyclic) bond motifs is 1. The first-order valence-corrected chi connectivity index (χ1v) is 12.6. The van der Waals surface area contributed by atoms with Gasteiger partial charge >= 0.3 is 0 Å². The molecule has 2 amide bonds. The number of carbonyl (C=O) groups is 2. The van der Waals surface area contributed by atoms with Gasteiger partial charge in [-0.3, -0.25) is 9.59 Å². The molecule has 0 radical (unpaired) electrons. The van der Waals surface area contributed by atoms with Crippen molar-refractivity contribution in [1.29, 1.82) is 0 Å². The lowest BCUT2D eigenvalue weighted by atomic mass is 9.43. The van der Waals surface area contributed by atoms with Crippen LogP contribution in [0, 0.1) is 0 Å². The van der Waals surface area contributed by atoms with Crippen molar-refractivity contribution in [3.05, 3.63) is 35.4 Å². The fraction of sp³-hybridized carbons (Fsp3) is 0.615. The quantitative estimate of drug-likeness (QED) is 0.660. The summed E-state index contributed by atoms with van der Waals surface area (Å²) in [5, 5.41) is 6.56. The summed E-state index contributed by atoms with van der Waals surface area (Å²) in [6.45, 7) is 0.308. The fourth-order valence-electron chi connectivity index (χ4n) is 6.33. The number of para-hydroxylation sites is 1. The maximum atomic E-state index is 12.8. The van der Waals surface area contributed by atoms with E-state index >= 15 is 0 Å². The molecule has 1 aromatic rings. The third-order valence-electron chi connectivity index (χ3n) is 7.94. The molecule has 6 rings (SSSR count). The number of ether oxygens (including phenoxy) is 1. The van der Waals surface area contributed by atoms with Crippen LogP contribution in [-0.2, 0) is 4.79 Å². The van der Waals surface area contributed by atoms with Crippen molar-refractivity contribution in [1.82, 2.24) is 10.6 Å². The van der Waals surface area contributed by atoms with Crippen LogP contribution in [0.3, 0.4) is 0 Å². The number of rotatable bonds is 5. The summed E-state index contributed by atoms with van der Waals surface area (Å²) in [7, 11) is 0.671. The maximum absolute atomic E-state index is 12.8. The molecular formula is C26H35BN2O3. The molecule has 0 aromatic heterocycles. The zero-order chi connectivity index (χ0) is 22.0. The van der Waals surface area contributed by atoms with E-state index < -0.39 is 0 Å². The topological polar surface area (TPSA) is 67.4 Å². The molecule has 0 saturated heterocycles. The summed E-state index contributed by atoms with van der Waals surface area (Å²) >= 11 is 0. The minimum atomic E-state index is -0.140. The van der Waals surface area contributed by atoms with Crippen LogP contribution in [0.2, 0.25) is 5.82 Å². The summed E-state index contributed by atoms with van der Waals surface area (Å²) in [5.41, 5.74) is 1.40. The Morgan fingerprint density at radius 2 is 1.50 bits per heavy atom. The summed E-state index contributed by atoms with van der Waals surface area (Å²) < 4.78 is 5.73. The molecule has 0 spiro atoms. The second-order valence-electron chi connectivity index (χ2n) is 10.7. The van der Waals surface area contributed by atoms with E-state index in [2.05, 4.69) is 10.6 Å². The van der Waals surface area contributed by atoms with E-state index in [4.69, 9.17) is 4.74 Å². The first-order valence-electron chi connectivity index (χ1n) is 12.6. The first kappa shape index (κ1) is 21.6. The molecule has 4 saturated carbocycles. The number of carbonyl (C=O) groups excluding carboxylic acids is 2. The van der Waals surface area contributed by atoms with Crippen LogP contribution in [0.1, 0.15) is 82.6 Å². The lowest BCUT2D eigenvalue weighted by Gasteiger charge is -2.70. The molecule has 4 aliphatic carbocycles. The molecule has 5 aliphatic rings. The highest BCUT2D eigenvalue weighted by molar-refractivity contribution is 6.74. The van der Waals surface area contributed by atoms with E-state index in [-0.39, 0.29) is 22.8 Å². The number of amides is 2. The van der Waals surface area contributed by atoms with Gasteiger partial charge in [0, 0.05) is 16.6 Å². The maximum Gasteiger partial charge on any atom is 0.251 e. The number of hydrogen-bond donors (Lipinski definition) is 2. The van der Waals surface area contributed by atoms with E-state index in [9.17, 15) is 9.59 Å². The molecule has 1 aromatic carbocycles. The van der Waals surface area contributed by atoms with E-state index in [1.54, 1.807) is 0 Å². The van der Waals surface area contributed by atoms with Gasteiger partial charge in [-0.25, -0.2) is 0 Å². The average Bonchev–Trinajstić information content (AvgIpc) is 2.75. The summed E-state index contributed by atoms with van der Waals surface area (Å²) in [6, 6.07) is 7.78. The van der Waals surface area contributed by atoms with Gasteiger partial charge in [0.05, 0.1) is 5.57 Å². The number of nitrogens with one attached hydrogen (secondary N) is 2. The van der Waals surface area contributed by atoms with Crippen LogP contribution in [-0.4, -0.2) is 36.7 Å². The predicted octanol–water partition coefficient (Wildman–Crippen LogP) is 4.71. The smallest absolute Gasteiger partial charge is 0.251 e. The zero-order valence-corrected chi connectivity index (χ0v) is 19.1. The molecule has 4 fully saturated rings. The Hall–Kier alpha value is -2.24. The van der Waals surface area contributed by atoms with Gasteiger partial charge in [-0.15, -0.1) is 0 Å².